The lowest BCUT2D eigenvalue weighted by molar-refractivity contribution is -0.137. The molecule has 1 heterocycles. The average molecular weight is 270 g/mol. The molecule has 2 N–H and O–H groups in total. The molecule has 0 aliphatic carbocycles. The first-order valence-corrected chi connectivity index (χ1v) is 6.90. The van der Waals surface area contributed by atoms with Gasteiger partial charge >= 0.3 is 0 Å². The maximum atomic E-state index is 12.0. The third kappa shape index (κ3) is 5.19. The van der Waals surface area contributed by atoms with Gasteiger partial charge < -0.3 is 15.3 Å². The molecule has 0 saturated carbocycles. The zero-order valence-corrected chi connectivity index (χ0v) is 12.5. The molecule has 110 valence electrons. The molecule has 1 aliphatic rings. The van der Waals surface area contributed by atoms with Crippen molar-refractivity contribution >= 4 is 11.8 Å². The Morgan fingerprint density at radius 3 is 2.53 bits per heavy atom. The average Bonchev–Trinajstić information content (AvgIpc) is 2.26. The lowest BCUT2D eigenvalue weighted by atomic mass is 9.95. The zero-order chi connectivity index (χ0) is 14.7. The Morgan fingerprint density at radius 2 is 2.00 bits per heavy atom. The van der Waals surface area contributed by atoms with Crippen molar-refractivity contribution in [1.82, 2.24) is 10.2 Å². The Morgan fingerprint density at radius 1 is 1.37 bits per heavy atom. The number of carbonyl (C=O) groups excluding carboxylic acids is 2. The molecule has 1 fully saturated rings. The second-order valence-electron chi connectivity index (χ2n) is 6.67. The Labute approximate surface area is 115 Å². The fourth-order valence-corrected chi connectivity index (χ4v) is 2.14. The van der Waals surface area contributed by atoms with Crippen LogP contribution in [0.4, 0.5) is 0 Å². The van der Waals surface area contributed by atoms with E-state index in [9.17, 15) is 14.7 Å². The molecular weight excluding hydrogens is 244 g/mol. The number of piperidine rings is 1. The summed E-state index contributed by atoms with van der Waals surface area (Å²) in [5.74, 6) is -0.0554. The summed E-state index contributed by atoms with van der Waals surface area (Å²) in [6.07, 6.45) is 1.85. The fraction of sp³-hybridized carbons (Fsp3) is 0.857. The minimum Gasteiger partial charge on any atom is -0.388 e. The molecule has 2 amide bonds. The van der Waals surface area contributed by atoms with Gasteiger partial charge in [0.05, 0.1) is 5.60 Å². The molecule has 0 aromatic carbocycles. The highest BCUT2D eigenvalue weighted by Crippen LogP contribution is 2.20. The van der Waals surface area contributed by atoms with Crippen LogP contribution in [0.1, 0.15) is 47.0 Å². The van der Waals surface area contributed by atoms with Gasteiger partial charge in [0.15, 0.2) is 0 Å². The Balaban J connectivity index is 2.34. The molecule has 0 radical (unpaired) electrons. The van der Waals surface area contributed by atoms with E-state index in [1.54, 1.807) is 11.8 Å². The van der Waals surface area contributed by atoms with E-state index < -0.39 is 11.0 Å². The number of amides is 2. The van der Waals surface area contributed by atoms with E-state index in [1.165, 1.54) is 0 Å². The third-order valence-electron chi connectivity index (χ3n) is 3.33. The highest BCUT2D eigenvalue weighted by Gasteiger charge is 2.30. The molecule has 1 unspecified atom stereocenters. The standard InChI is InChI=1S/C14H26N2O3/c1-13(2,3)12(18)15-8-6-11(17)16-9-5-7-14(4,19)10-16/h19H,5-10H2,1-4H3,(H,15,18). The normalized spacial score (nSPS) is 24.2. The van der Waals surface area contributed by atoms with Crippen LogP contribution in [0.2, 0.25) is 0 Å². The van der Waals surface area contributed by atoms with Crippen LogP contribution in [0.3, 0.4) is 0 Å². The van der Waals surface area contributed by atoms with Gasteiger partial charge in [0.25, 0.3) is 0 Å². The van der Waals surface area contributed by atoms with Crippen LogP contribution >= 0.6 is 0 Å². The fourth-order valence-electron chi connectivity index (χ4n) is 2.14. The minimum absolute atomic E-state index is 0.00539. The number of β-amino-alcohol motifs (C(OH)–C–C–N with tert-alkyl or cyclic N) is 1. The first kappa shape index (κ1) is 16.0. The van der Waals surface area contributed by atoms with Crippen molar-refractivity contribution in [1.29, 1.82) is 0 Å². The van der Waals surface area contributed by atoms with Crippen LogP contribution in [-0.2, 0) is 9.59 Å². The quantitative estimate of drug-likeness (QED) is 0.801. The predicted molar refractivity (Wildman–Crippen MR) is 73.5 cm³/mol. The number of nitrogens with zero attached hydrogens (tertiary/aromatic N) is 1. The number of hydrogen-bond donors (Lipinski definition) is 2. The summed E-state index contributed by atoms with van der Waals surface area (Å²) in [4.78, 5) is 25.3. The van der Waals surface area contributed by atoms with Crippen LogP contribution in [0, 0.1) is 5.41 Å². The number of aliphatic hydroxyl groups is 1. The maximum Gasteiger partial charge on any atom is 0.225 e. The maximum absolute atomic E-state index is 12.0. The van der Waals surface area contributed by atoms with Crippen LogP contribution < -0.4 is 5.32 Å². The molecule has 5 nitrogen and oxygen atoms in total. The van der Waals surface area contributed by atoms with Crippen molar-refractivity contribution in [2.75, 3.05) is 19.6 Å². The summed E-state index contributed by atoms with van der Waals surface area (Å²) >= 11 is 0. The molecule has 1 aliphatic heterocycles. The monoisotopic (exact) mass is 270 g/mol. The van der Waals surface area contributed by atoms with Gasteiger partial charge in [0.1, 0.15) is 0 Å². The third-order valence-corrected chi connectivity index (χ3v) is 3.33. The Bertz CT molecular complexity index is 345. The van der Waals surface area contributed by atoms with E-state index in [1.807, 2.05) is 20.8 Å². The van der Waals surface area contributed by atoms with E-state index in [2.05, 4.69) is 5.32 Å². The van der Waals surface area contributed by atoms with Gasteiger partial charge in [-0.05, 0) is 19.8 Å². The van der Waals surface area contributed by atoms with Crippen LogP contribution in [0.5, 0.6) is 0 Å². The number of rotatable bonds is 3. The topological polar surface area (TPSA) is 69.6 Å². The van der Waals surface area contributed by atoms with E-state index in [4.69, 9.17) is 0 Å². The van der Waals surface area contributed by atoms with Crippen molar-refractivity contribution in [2.45, 2.75) is 52.6 Å². The lowest BCUT2D eigenvalue weighted by Crippen LogP contribution is -2.49. The van der Waals surface area contributed by atoms with Gasteiger partial charge in [0.2, 0.25) is 11.8 Å². The summed E-state index contributed by atoms with van der Waals surface area (Å²) in [6, 6.07) is 0. The number of likely N-dealkylation sites (tertiary alicyclic amines) is 1. The lowest BCUT2D eigenvalue weighted by Gasteiger charge is -2.37. The van der Waals surface area contributed by atoms with Crippen molar-refractivity contribution in [3.8, 4) is 0 Å². The van der Waals surface area contributed by atoms with Crippen LogP contribution in [-0.4, -0.2) is 47.1 Å². The number of nitrogens with one attached hydrogen (secondary N) is 1. The Kier molecular flexibility index (Phi) is 4.96. The summed E-state index contributed by atoms with van der Waals surface area (Å²) in [5, 5.41) is 12.7. The largest absolute Gasteiger partial charge is 0.388 e. The number of hydrogen-bond acceptors (Lipinski definition) is 3. The van der Waals surface area contributed by atoms with Crippen molar-refractivity contribution in [3.05, 3.63) is 0 Å². The van der Waals surface area contributed by atoms with Gasteiger partial charge in [-0.1, -0.05) is 20.8 Å². The predicted octanol–water partition coefficient (Wildman–Crippen LogP) is 0.912. The van der Waals surface area contributed by atoms with Crippen molar-refractivity contribution in [3.63, 3.8) is 0 Å². The first-order valence-electron chi connectivity index (χ1n) is 6.90. The first-order chi connectivity index (χ1) is 8.62. The van der Waals surface area contributed by atoms with Gasteiger partial charge in [-0.15, -0.1) is 0 Å². The van der Waals surface area contributed by atoms with Crippen LogP contribution in [0.25, 0.3) is 0 Å². The Hall–Kier alpha value is -1.10. The molecule has 1 atom stereocenters. The van der Waals surface area contributed by atoms with E-state index in [0.717, 1.165) is 12.8 Å². The highest BCUT2D eigenvalue weighted by molar-refractivity contribution is 5.82. The van der Waals surface area contributed by atoms with Gasteiger partial charge in [-0.2, -0.15) is 0 Å². The van der Waals surface area contributed by atoms with Gasteiger partial charge in [-0.25, -0.2) is 0 Å². The molecule has 1 saturated heterocycles. The van der Waals surface area contributed by atoms with Gasteiger partial charge in [-0.3, -0.25) is 9.59 Å². The molecule has 0 aromatic rings. The van der Waals surface area contributed by atoms with Crippen molar-refractivity contribution in [2.24, 2.45) is 5.41 Å². The summed E-state index contributed by atoms with van der Waals surface area (Å²) < 4.78 is 0. The molecule has 1 rings (SSSR count). The molecule has 5 heteroatoms. The van der Waals surface area contributed by atoms with E-state index in [0.29, 0.717) is 19.6 Å². The van der Waals surface area contributed by atoms with Crippen LogP contribution in [0.15, 0.2) is 0 Å². The summed E-state index contributed by atoms with van der Waals surface area (Å²) in [5.41, 5.74) is -1.21. The smallest absolute Gasteiger partial charge is 0.225 e. The van der Waals surface area contributed by atoms with E-state index >= 15 is 0 Å². The molecular formula is C14H26N2O3. The number of carbonyl (C=O) groups is 2. The van der Waals surface area contributed by atoms with Crippen molar-refractivity contribution < 1.29 is 14.7 Å². The zero-order valence-electron chi connectivity index (χ0n) is 12.5. The van der Waals surface area contributed by atoms with E-state index in [-0.39, 0.29) is 18.2 Å². The second kappa shape index (κ2) is 5.90. The highest BCUT2D eigenvalue weighted by atomic mass is 16.3. The van der Waals surface area contributed by atoms with Gasteiger partial charge in [0, 0.05) is 31.5 Å². The molecule has 19 heavy (non-hydrogen) atoms. The summed E-state index contributed by atoms with van der Waals surface area (Å²) in [7, 11) is 0. The molecule has 0 bridgehead atoms. The second-order valence-corrected chi connectivity index (χ2v) is 6.67. The summed E-state index contributed by atoms with van der Waals surface area (Å²) in [6.45, 7) is 8.71. The SMILES string of the molecule is CC1(O)CCCN(C(=O)CCNC(=O)C(C)(C)C)C1. The minimum atomic E-state index is -0.775. The molecule has 0 aromatic heterocycles. The molecule has 0 spiro atoms.